The zero-order valence-corrected chi connectivity index (χ0v) is 19.3. The fourth-order valence-corrected chi connectivity index (χ4v) is 5.65. The summed E-state index contributed by atoms with van der Waals surface area (Å²) in [5.41, 5.74) is 0.553. The third-order valence-electron chi connectivity index (χ3n) is 7.29. The summed E-state index contributed by atoms with van der Waals surface area (Å²) >= 11 is 0. The Morgan fingerprint density at radius 3 is 2.16 bits per heavy atom. The van der Waals surface area contributed by atoms with Crippen molar-refractivity contribution in [3.8, 4) is 5.75 Å². The third kappa shape index (κ3) is 4.84. The molecular formula is C26H36N2O4. The van der Waals surface area contributed by atoms with E-state index in [0.717, 1.165) is 51.4 Å². The highest BCUT2D eigenvalue weighted by Crippen LogP contribution is 2.34. The van der Waals surface area contributed by atoms with E-state index in [2.05, 4.69) is 0 Å². The Morgan fingerprint density at radius 1 is 0.938 bits per heavy atom. The molecule has 2 aliphatic carbocycles. The molecule has 1 aliphatic heterocycles. The van der Waals surface area contributed by atoms with Gasteiger partial charge in [-0.15, -0.1) is 0 Å². The molecule has 0 aromatic heterocycles. The molecule has 1 atom stereocenters. The SMILES string of the molecule is CCOc1ccc(N2C(=O)CC(N(C(=O)C3CCCCC3)C3CCCCCC3)C2=O)cc1. The minimum Gasteiger partial charge on any atom is -0.494 e. The fourth-order valence-electron chi connectivity index (χ4n) is 5.65. The summed E-state index contributed by atoms with van der Waals surface area (Å²) in [7, 11) is 0. The van der Waals surface area contributed by atoms with E-state index in [4.69, 9.17) is 4.74 Å². The largest absolute Gasteiger partial charge is 0.494 e. The molecule has 1 aromatic carbocycles. The molecule has 0 spiro atoms. The van der Waals surface area contributed by atoms with Crippen LogP contribution >= 0.6 is 0 Å². The quantitative estimate of drug-likeness (QED) is 0.468. The van der Waals surface area contributed by atoms with Gasteiger partial charge in [0.2, 0.25) is 11.8 Å². The van der Waals surface area contributed by atoms with Crippen LogP contribution in [0.2, 0.25) is 0 Å². The summed E-state index contributed by atoms with van der Waals surface area (Å²) in [4.78, 5) is 43.4. The Hall–Kier alpha value is -2.37. The van der Waals surface area contributed by atoms with Crippen molar-refractivity contribution < 1.29 is 19.1 Å². The Balaban J connectivity index is 1.59. The summed E-state index contributed by atoms with van der Waals surface area (Å²) in [5.74, 6) is 0.331. The van der Waals surface area contributed by atoms with Crippen molar-refractivity contribution in [2.24, 2.45) is 5.92 Å². The van der Waals surface area contributed by atoms with Gasteiger partial charge in [0.1, 0.15) is 11.8 Å². The molecule has 2 saturated carbocycles. The number of carbonyl (C=O) groups excluding carboxylic acids is 3. The van der Waals surface area contributed by atoms with E-state index in [9.17, 15) is 14.4 Å². The van der Waals surface area contributed by atoms with Crippen LogP contribution in [0.1, 0.15) is 84.0 Å². The van der Waals surface area contributed by atoms with Crippen LogP contribution in [0.15, 0.2) is 24.3 Å². The zero-order valence-electron chi connectivity index (χ0n) is 19.3. The third-order valence-corrected chi connectivity index (χ3v) is 7.29. The van der Waals surface area contributed by atoms with Crippen LogP contribution < -0.4 is 9.64 Å². The number of rotatable bonds is 6. The zero-order chi connectivity index (χ0) is 22.5. The molecule has 1 aromatic rings. The summed E-state index contributed by atoms with van der Waals surface area (Å²) in [6.45, 7) is 2.47. The molecule has 1 unspecified atom stereocenters. The van der Waals surface area contributed by atoms with Crippen molar-refractivity contribution in [3.05, 3.63) is 24.3 Å². The lowest BCUT2D eigenvalue weighted by molar-refractivity contribution is -0.146. The Bertz CT molecular complexity index is 808. The fraction of sp³-hybridized carbons (Fsp3) is 0.654. The average molecular weight is 441 g/mol. The molecule has 6 nitrogen and oxygen atoms in total. The Morgan fingerprint density at radius 2 is 1.53 bits per heavy atom. The molecule has 6 heteroatoms. The van der Waals surface area contributed by atoms with Crippen LogP contribution in [-0.2, 0) is 14.4 Å². The lowest BCUT2D eigenvalue weighted by Crippen LogP contribution is -2.52. The maximum absolute atomic E-state index is 13.7. The molecule has 1 saturated heterocycles. The monoisotopic (exact) mass is 440 g/mol. The van der Waals surface area contributed by atoms with Gasteiger partial charge in [-0.25, -0.2) is 4.90 Å². The Labute approximate surface area is 191 Å². The van der Waals surface area contributed by atoms with Crippen molar-refractivity contribution in [2.75, 3.05) is 11.5 Å². The van der Waals surface area contributed by atoms with E-state index < -0.39 is 6.04 Å². The maximum Gasteiger partial charge on any atom is 0.257 e. The number of benzene rings is 1. The number of anilines is 1. The summed E-state index contributed by atoms with van der Waals surface area (Å²) < 4.78 is 5.49. The van der Waals surface area contributed by atoms with Crippen LogP contribution in [0.3, 0.4) is 0 Å². The summed E-state index contributed by atoms with van der Waals surface area (Å²) in [6.07, 6.45) is 11.6. The molecule has 4 rings (SSSR count). The molecule has 0 bridgehead atoms. The number of imide groups is 1. The number of hydrogen-bond donors (Lipinski definition) is 0. The van der Waals surface area contributed by atoms with E-state index in [1.807, 2.05) is 11.8 Å². The maximum atomic E-state index is 13.7. The minimum atomic E-state index is -0.674. The van der Waals surface area contributed by atoms with Gasteiger partial charge >= 0.3 is 0 Å². The summed E-state index contributed by atoms with van der Waals surface area (Å²) in [5, 5.41) is 0. The molecular weight excluding hydrogens is 404 g/mol. The van der Waals surface area contributed by atoms with E-state index in [-0.39, 0.29) is 36.1 Å². The molecule has 32 heavy (non-hydrogen) atoms. The molecule has 3 amide bonds. The van der Waals surface area contributed by atoms with Crippen molar-refractivity contribution in [3.63, 3.8) is 0 Å². The van der Waals surface area contributed by atoms with E-state index >= 15 is 0 Å². The number of nitrogens with zero attached hydrogens (tertiary/aromatic N) is 2. The highest BCUT2D eigenvalue weighted by molar-refractivity contribution is 6.23. The van der Waals surface area contributed by atoms with Crippen LogP contribution in [0.25, 0.3) is 0 Å². The molecule has 3 aliphatic rings. The van der Waals surface area contributed by atoms with Gasteiger partial charge in [-0.2, -0.15) is 0 Å². The van der Waals surface area contributed by atoms with Gasteiger partial charge in [-0.3, -0.25) is 14.4 Å². The molecule has 3 fully saturated rings. The average Bonchev–Trinajstić information content (AvgIpc) is 2.98. The predicted molar refractivity (Wildman–Crippen MR) is 123 cm³/mol. The van der Waals surface area contributed by atoms with Crippen molar-refractivity contribution >= 4 is 23.4 Å². The Kier molecular flexibility index (Phi) is 7.48. The smallest absolute Gasteiger partial charge is 0.257 e. The van der Waals surface area contributed by atoms with Crippen molar-refractivity contribution in [1.82, 2.24) is 4.90 Å². The first-order chi connectivity index (χ1) is 15.6. The van der Waals surface area contributed by atoms with E-state index in [1.165, 1.54) is 24.2 Å². The van der Waals surface area contributed by atoms with Gasteiger partial charge in [0.15, 0.2) is 0 Å². The second kappa shape index (κ2) is 10.5. The van der Waals surface area contributed by atoms with E-state index in [0.29, 0.717) is 18.0 Å². The van der Waals surface area contributed by atoms with Gasteiger partial charge in [0.25, 0.3) is 5.91 Å². The lowest BCUT2D eigenvalue weighted by atomic mass is 9.87. The number of ether oxygens (including phenoxy) is 1. The highest BCUT2D eigenvalue weighted by Gasteiger charge is 2.47. The van der Waals surface area contributed by atoms with Gasteiger partial charge in [-0.05, 0) is 56.9 Å². The lowest BCUT2D eigenvalue weighted by Gasteiger charge is -2.38. The highest BCUT2D eigenvalue weighted by atomic mass is 16.5. The first-order valence-corrected chi connectivity index (χ1v) is 12.5. The minimum absolute atomic E-state index is 0.00516. The first-order valence-electron chi connectivity index (χ1n) is 12.5. The molecule has 0 N–H and O–H groups in total. The topological polar surface area (TPSA) is 66.9 Å². The number of carbonyl (C=O) groups is 3. The van der Waals surface area contributed by atoms with Crippen LogP contribution in [-0.4, -0.2) is 41.3 Å². The van der Waals surface area contributed by atoms with Crippen LogP contribution in [0, 0.1) is 5.92 Å². The second-order valence-corrected chi connectivity index (χ2v) is 9.44. The number of hydrogen-bond acceptors (Lipinski definition) is 4. The summed E-state index contributed by atoms with van der Waals surface area (Å²) in [6, 6.07) is 6.46. The van der Waals surface area contributed by atoms with Gasteiger partial charge in [-0.1, -0.05) is 44.9 Å². The standard InChI is InChI=1S/C26H36N2O4/c1-2-32-22-16-14-21(15-17-22)28-24(29)18-23(26(28)31)27(20-12-8-3-4-9-13-20)25(30)19-10-6-5-7-11-19/h14-17,19-20,23H,2-13,18H2,1H3. The predicted octanol–water partition coefficient (Wildman–Crippen LogP) is 4.85. The molecule has 0 radical (unpaired) electrons. The number of amides is 3. The van der Waals surface area contributed by atoms with Gasteiger partial charge in [0, 0.05) is 12.0 Å². The molecule has 1 heterocycles. The normalized spacial score (nSPS) is 23.3. The molecule has 174 valence electrons. The van der Waals surface area contributed by atoms with Crippen molar-refractivity contribution in [1.29, 1.82) is 0 Å². The van der Waals surface area contributed by atoms with Gasteiger partial charge < -0.3 is 9.64 Å². The van der Waals surface area contributed by atoms with Gasteiger partial charge in [0.05, 0.1) is 18.7 Å². The van der Waals surface area contributed by atoms with Crippen LogP contribution in [0.4, 0.5) is 5.69 Å². The van der Waals surface area contributed by atoms with E-state index in [1.54, 1.807) is 24.3 Å². The van der Waals surface area contributed by atoms with Crippen LogP contribution in [0.5, 0.6) is 5.75 Å². The second-order valence-electron chi connectivity index (χ2n) is 9.44. The van der Waals surface area contributed by atoms with Crippen molar-refractivity contribution in [2.45, 2.75) is 96.1 Å². The first kappa shape index (κ1) is 22.8.